The number of carbonyl (C=O) groups is 1. The molecule has 30 heavy (non-hydrogen) atoms. The van der Waals surface area contributed by atoms with Gasteiger partial charge in [0.05, 0.1) is 0 Å². The number of carbonyl (C=O) groups excluding carboxylic acids is 1. The van der Waals surface area contributed by atoms with Crippen LogP contribution >= 0.6 is 35.6 Å². The molecule has 0 saturated carbocycles. The van der Waals surface area contributed by atoms with Gasteiger partial charge >= 0.3 is 6.61 Å². The molecule has 0 bridgehead atoms. The van der Waals surface area contributed by atoms with Crippen LogP contribution in [0.5, 0.6) is 5.75 Å². The number of anilines is 1. The molecule has 1 atom stereocenters. The Bertz CT molecular complexity index is 914. The number of hydrogen-bond donors (Lipinski definition) is 3. The molecule has 0 spiro atoms. The highest BCUT2D eigenvalue weighted by Gasteiger charge is 2.24. The Morgan fingerprint density at radius 1 is 1.30 bits per heavy atom. The van der Waals surface area contributed by atoms with Gasteiger partial charge in [0.25, 0.3) is 0 Å². The fourth-order valence-corrected chi connectivity index (χ4v) is 3.40. The molecule has 3 N–H and O–H groups in total. The van der Waals surface area contributed by atoms with Crippen LogP contribution in [0.25, 0.3) is 0 Å². The Morgan fingerprint density at radius 2 is 2.07 bits per heavy atom. The summed E-state index contributed by atoms with van der Waals surface area (Å²) in [7, 11) is 1.60. The molecule has 10 heteroatoms. The quantitative estimate of drug-likeness (QED) is 0.284. The number of nitrogens with one attached hydrogen (secondary N) is 3. The van der Waals surface area contributed by atoms with Crippen molar-refractivity contribution in [2.45, 2.75) is 25.5 Å². The number of benzene rings is 2. The first-order valence-electron chi connectivity index (χ1n) is 9.02. The molecule has 0 aromatic heterocycles. The van der Waals surface area contributed by atoms with Crippen molar-refractivity contribution in [3.63, 3.8) is 0 Å². The van der Waals surface area contributed by atoms with Crippen molar-refractivity contribution < 1.29 is 18.3 Å². The Balaban J connectivity index is 0.00000320. The second-order valence-electron chi connectivity index (χ2n) is 6.47. The van der Waals surface area contributed by atoms with E-state index in [4.69, 9.17) is 11.6 Å². The van der Waals surface area contributed by atoms with Crippen LogP contribution in [0.15, 0.2) is 47.5 Å². The lowest BCUT2D eigenvalue weighted by atomic mass is 9.90. The zero-order valence-corrected chi connectivity index (χ0v) is 19.2. The monoisotopic (exact) mass is 550 g/mol. The molecule has 0 aliphatic carbocycles. The van der Waals surface area contributed by atoms with E-state index in [-0.39, 0.29) is 48.1 Å². The van der Waals surface area contributed by atoms with Crippen molar-refractivity contribution in [3.05, 3.63) is 58.6 Å². The number of alkyl halides is 2. The number of halogens is 4. The van der Waals surface area contributed by atoms with Gasteiger partial charge in [-0.2, -0.15) is 8.78 Å². The van der Waals surface area contributed by atoms with E-state index in [1.165, 1.54) is 12.1 Å². The highest BCUT2D eigenvalue weighted by Crippen LogP contribution is 2.31. The van der Waals surface area contributed by atoms with Gasteiger partial charge in [-0.15, -0.1) is 24.0 Å². The van der Waals surface area contributed by atoms with Crippen LogP contribution in [-0.2, 0) is 11.3 Å². The normalized spacial score (nSPS) is 15.7. The Morgan fingerprint density at radius 3 is 2.80 bits per heavy atom. The summed E-state index contributed by atoms with van der Waals surface area (Å²) >= 11 is 5.97. The van der Waals surface area contributed by atoms with Crippen LogP contribution in [0.4, 0.5) is 14.5 Å². The molecule has 1 unspecified atom stereocenters. The van der Waals surface area contributed by atoms with Gasteiger partial charge in [0.15, 0.2) is 5.96 Å². The molecule has 0 radical (unpaired) electrons. The number of ether oxygens (including phenoxy) is 1. The average molecular weight is 551 g/mol. The molecular weight excluding hydrogens is 529 g/mol. The van der Waals surface area contributed by atoms with E-state index in [0.717, 1.165) is 11.3 Å². The lowest BCUT2D eigenvalue weighted by Gasteiger charge is -2.26. The largest absolute Gasteiger partial charge is 0.434 e. The standard InChI is InChI=1S/C20H21ClF2N4O2.HI/c1-24-20(26-11-13-8-14(21)6-7-17(13)29-19(22)23)25-10-12-9-18(28)27-16-5-3-2-4-15(12)16;/h2-8,12,19H,9-11H2,1H3,(H,27,28)(H2,24,25,26);1H. The summed E-state index contributed by atoms with van der Waals surface area (Å²) in [6.07, 6.45) is 0.363. The SMILES string of the molecule is CN=C(NCc1cc(Cl)ccc1OC(F)F)NCC1CC(=O)Nc2ccccc21.I. The third-order valence-electron chi connectivity index (χ3n) is 4.53. The molecule has 0 fully saturated rings. The highest BCUT2D eigenvalue weighted by atomic mass is 127. The summed E-state index contributed by atoms with van der Waals surface area (Å²) in [5.41, 5.74) is 2.34. The zero-order valence-electron chi connectivity index (χ0n) is 16.1. The smallest absolute Gasteiger partial charge is 0.387 e. The third kappa shape index (κ3) is 6.43. The van der Waals surface area contributed by atoms with Crippen molar-refractivity contribution in [2.75, 3.05) is 18.9 Å². The summed E-state index contributed by atoms with van der Waals surface area (Å²) in [5.74, 6) is 0.468. The Hall–Kier alpha value is -2.14. The van der Waals surface area contributed by atoms with Crippen molar-refractivity contribution in [3.8, 4) is 5.75 Å². The summed E-state index contributed by atoms with van der Waals surface area (Å²) in [5, 5.41) is 9.52. The van der Waals surface area contributed by atoms with Gasteiger partial charge < -0.3 is 20.7 Å². The van der Waals surface area contributed by atoms with Crippen molar-refractivity contribution in [2.24, 2.45) is 4.99 Å². The Kier molecular flexibility index (Phi) is 9.09. The predicted molar refractivity (Wildman–Crippen MR) is 124 cm³/mol. The van der Waals surface area contributed by atoms with E-state index in [0.29, 0.717) is 29.5 Å². The lowest BCUT2D eigenvalue weighted by Crippen LogP contribution is -2.40. The number of fused-ring (bicyclic) bond motifs is 1. The average Bonchev–Trinajstić information content (AvgIpc) is 2.69. The van der Waals surface area contributed by atoms with Gasteiger partial charge in [-0.05, 0) is 29.8 Å². The maximum atomic E-state index is 12.6. The first kappa shape index (κ1) is 24.1. The predicted octanol–water partition coefficient (Wildman–Crippen LogP) is 4.35. The molecule has 0 saturated heterocycles. The van der Waals surface area contributed by atoms with E-state index >= 15 is 0 Å². The molecule has 1 heterocycles. The topological polar surface area (TPSA) is 74.8 Å². The molecule has 1 amide bonds. The summed E-state index contributed by atoms with van der Waals surface area (Å²) in [6.45, 7) is -2.26. The number of nitrogens with zero attached hydrogens (tertiary/aromatic N) is 1. The van der Waals surface area contributed by atoms with E-state index in [1.54, 1.807) is 13.1 Å². The molecule has 6 nitrogen and oxygen atoms in total. The molecule has 2 aromatic rings. The number of guanidine groups is 1. The van der Waals surface area contributed by atoms with Gasteiger partial charge in [0.1, 0.15) is 5.75 Å². The van der Waals surface area contributed by atoms with Gasteiger partial charge in [0.2, 0.25) is 5.91 Å². The Labute approximate surface area is 195 Å². The fourth-order valence-electron chi connectivity index (χ4n) is 3.20. The number of hydrogen-bond acceptors (Lipinski definition) is 3. The van der Waals surface area contributed by atoms with Crippen molar-refractivity contribution in [1.29, 1.82) is 0 Å². The zero-order chi connectivity index (χ0) is 20.8. The van der Waals surface area contributed by atoms with Crippen LogP contribution in [0, 0.1) is 0 Å². The number of aliphatic imine (C=N–C) groups is 1. The number of para-hydroxylation sites is 1. The lowest BCUT2D eigenvalue weighted by molar-refractivity contribution is -0.116. The van der Waals surface area contributed by atoms with Gasteiger partial charge in [-0.25, -0.2) is 0 Å². The van der Waals surface area contributed by atoms with Gasteiger partial charge in [0, 0.05) is 48.7 Å². The van der Waals surface area contributed by atoms with Gasteiger partial charge in [-0.1, -0.05) is 29.8 Å². The maximum Gasteiger partial charge on any atom is 0.387 e. The minimum Gasteiger partial charge on any atom is -0.434 e. The minimum atomic E-state index is -2.93. The van der Waals surface area contributed by atoms with Crippen molar-refractivity contribution in [1.82, 2.24) is 10.6 Å². The molecule has 3 rings (SSSR count). The fraction of sp³-hybridized carbons (Fsp3) is 0.300. The van der Waals surface area contributed by atoms with Crippen molar-refractivity contribution >= 4 is 53.1 Å². The minimum absolute atomic E-state index is 0. The van der Waals surface area contributed by atoms with Crippen LogP contribution in [0.2, 0.25) is 5.02 Å². The summed E-state index contributed by atoms with van der Waals surface area (Å²) in [6, 6.07) is 12.1. The first-order valence-corrected chi connectivity index (χ1v) is 9.40. The highest BCUT2D eigenvalue weighted by molar-refractivity contribution is 14.0. The number of amides is 1. The van der Waals surface area contributed by atoms with E-state index < -0.39 is 6.61 Å². The second kappa shape index (κ2) is 11.3. The first-order chi connectivity index (χ1) is 14.0. The maximum absolute atomic E-state index is 12.6. The van der Waals surface area contributed by atoms with E-state index in [2.05, 4.69) is 25.7 Å². The van der Waals surface area contributed by atoms with Crippen LogP contribution < -0.4 is 20.7 Å². The van der Waals surface area contributed by atoms with E-state index in [9.17, 15) is 13.6 Å². The van der Waals surface area contributed by atoms with Crippen LogP contribution in [0.1, 0.15) is 23.5 Å². The summed E-state index contributed by atoms with van der Waals surface area (Å²) in [4.78, 5) is 16.1. The van der Waals surface area contributed by atoms with Crippen LogP contribution in [0.3, 0.4) is 0 Å². The van der Waals surface area contributed by atoms with Gasteiger partial charge in [-0.3, -0.25) is 9.79 Å². The molecule has 2 aromatic carbocycles. The number of rotatable bonds is 6. The second-order valence-corrected chi connectivity index (χ2v) is 6.91. The molecule has 1 aliphatic heterocycles. The van der Waals surface area contributed by atoms with Crippen LogP contribution in [-0.4, -0.2) is 32.1 Å². The molecular formula is C20H22ClF2IN4O2. The third-order valence-corrected chi connectivity index (χ3v) is 4.77. The summed E-state index contributed by atoms with van der Waals surface area (Å²) < 4.78 is 29.7. The molecule has 162 valence electrons. The molecule has 1 aliphatic rings. The van der Waals surface area contributed by atoms with E-state index in [1.807, 2.05) is 24.3 Å².